The molecule has 0 radical (unpaired) electrons. The van der Waals surface area contributed by atoms with Crippen molar-refractivity contribution in [3.05, 3.63) is 22.9 Å². The predicted molar refractivity (Wildman–Crippen MR) is 77.0 cm³/mol. The van der Waals surface area contributed by atoms with Crippen LogP contribution in [0.25, 0.3) is 0 Å². The monoisotopic (exact) mass is 292 g/mol. The van der Waals surface area contributed by atoms with Gasteiger partial charge in [-0.2, -0.15) is 0 Å². The summed E-state index contributed by atoms with van der Waals surface area (Å²) in [5.41, 5.74) is 2.38. The summed E-state index contributed by atoms with van der Waals surface area (Å²) in [5.74, 6) is -0.383. The molecule has 6 heteroatoms. The van der Waals surface area contributed by atoms with E-state index < -0.39 is 5.97 Å². The molecular weight excluding hydrogens is 272 g/mol. The molecule has 3 rings (SSSR count). The van der Waals surface area contributed by atoms with Gasteiger partial charge in [-0.05, 0) is 30.9 Å². The SMILES string of the molecule is COC1CN(c2nc3c(cc2C(=O)O)CCC3)CC1OC. The second-order valence-corrected chi connectivity index (χ2v) is 5.58. The van der Waals surface area contributed by atoms with Crippen LogP contribution in [-0.4, -0.2) is 55.6 Å². The maximum atomic E-state index is 11.6. The summed E-state index contributed by atoms with van der Waals surface area (Å²) < 4.78 is 10.8. The summed E-state index contributed by atoms with van der Waals surface area (Å²) in [7, 11) is 3.29. The third kappa shape index (κ3) is 2.49. The molecule has 114 valence electrons. The van der Waals surface area contributed by atoms with Gasteiger partial charge in [-0.1, -0.05) is 0 Å². The number of ether oxygens (including phenoxy) is 2. The van der Waals surface area contributed by atoms with Gasteiger partial charge in [-0.15, -0.1) is 0 Å². The van der Waals surface area contributed by atoms with Crippen LogP contribution in [0.4, 0.5) is 5.82 Å². The standard InChI is InChI=1S/C15H20N2O4/c1-20-12-7-17(8-13(12)21-2)14-10(15(18)19)6-9-4-3-5-11(9)16-14/h6,12-13H,3-5,7-8H2,1-2H3,(H,18,19). The first-order chi connectivity index (χ1) is 10.1. The molecule has 0 aromatic carbocycles. The highest BCUT2D eigenvalue weighted by atomic mass is 16.5. The third-order valence-electron chi connectivity index (χ3n) is 4.38. The zero-order valence-electron chi connectivity index (χ0n) is 12.3. The highest BCUT2D eigenvalue weighted by molar-refractivity contribution is 5.93. The summed E-state index contributed by atoms with van der Waals surface area (Å²) in [6.45, 7) is 1.20. The largest absolute Gasteiger partial charge is 0.478 e. The number of rotatable bonds is 4. The minimum atomic E-state index is -0.929. The molecule has 1 aliphatic carbocycles. The van der Waals surface area contributed by atoms with Crippen molar-refractivity contribution in [2.75, 3.05) is 32.2 Å². The number of methoxy groups -OCH3 is 2. The lowest BCUT2D eigenvalue weighted by atomic mass is 10.1. The number of carboxylic acids is 1. The number of anilines is 1. The lowest BCUT2D eigenvalue weighted by molar-refractivity contribution is -0.00461. The molecule has 6 nitrogen and oxygen atoms in total. The Morgan fingerprint density at radius 1 is 1.29 bits per heavy atom. The fraction of sp³-hybridized carbons (Fsp3) is 0.600. The topological polar surface area (TPSA) is 71.9 Å². The number of aromatic carboxylic acids is 1. The first kappa shape index (κ1) is 14.3. The molecular formula is C15H20N2O4. The zero-order valence-corrected chi connectivity index (χ0v) is 12.3. The highest BCUT2D eigenvalue weighted by Gasteiger charge is 2.36. The van der Waals surface area contributed by atoms with E-state index in [4.69, 9.17) is 9.47 Å². The zero-order chi connectivity index (χ0) is 15.0. The van der Waals surface area contributed by atoms with Gasteiger partial charge in [0.1, 0.15) is 23.6 Å². The fourth-order valence-corrected chi connectivity index (χ4v) is 3.23. The Labute approximate surface area is 123 Å². The number of fused-ring (bicyclic) bond motifs is 1. The van der Waals surface area contributed by atoms with Gasteiger partial charge in [-0.25, -0.2) is 9.78 Å². The molecule has 0 saturated carbocycles. The molecule has 0 amide bonds. The predicted octanol–water partition coefficient (Wildman–Crippen LogP) is 1.12. The molecule has 1 saturated heterocycles. The van der Waals surface area contributed by atoms with E-state index in [-0.39, 0.29) is 17.8 Å². The summed E-state index contributed by atoms with van der Waals surface area (Å²) >= 11 is 0. The maximum Gasteiger partial charge on any atom is 0.339 e. The van der Waals surface area contributed by atoms with E-state index in [2.05, 4.69) is 4.98 Å². The number of pyridine rings is 1. The average Bonchev–Trinajstić information content (AvgIpc) is 3.11. The van der Waals surface area contributed by atoms with E-state index in [0.29, 0.717) is 18.9 Å². The molecule has 0 spiro atoms. The van der Waals surface area contributed by atoms with Crippen molar-refractivity contribution in [3.63, 3.8) is 0 Å². The molecule has 2 atom stereocenters. The van der Waals surface area contributed by atoms with Gasteiger partial charge in [-0.3, -0.25) is 0 Å². The Kier molecular flexibility index (Phi) is 3.82. The van der Waals surface area contributed by atoms with E-state index in [0.717, 1.165) is 30.5 Å². The van der Waals surface area contributed by atoms with Gasteiger partial charge < -0.3 is 19.5 Å². The van der Waals surface area contributed by atoms with Crippen LogP contribution in [0.2, 0.25) is 0 Å². The van der Waals surface area contributed by atoms with Crippen LogP contribution in [0.3, 0.4) is 0 Å². The van der Waals surface area contributed by atoms with Crippen LogP contribution in [0.1, 0.15) is 28.0 Å². The number of carbonyl (C=O) groups is 1. The number of nitrogens with zero attached hydrogens (tertiary/aromatic N) is 2. The van der Waals surface area contributed by atoms with Gasteiger partial charge in [0.05, 0.1) is 0 Å². The Bertz CT molecular complexity index is 549. The Morgan fingerprint density at radius 3 is 2.52 bits per heavy atom. The van der Waals surface area contributed by atoms with Crippen molar-refractivity contribution < 1.29 is 19.4 Å². The first-order valence-electron chi connectivity index (χ1n) is 7.20. The van der Waals surface area contributed by atoms with E-state index in [1.54, 1.807) is 20.3 Å². The van der Waals surface area contributed by atoms with Gasteiger partial charge in [0.15, 0.2) is 0 Å². The molecule has 1 N–H and O–H groups in total. The Balaban J connectivity index is 1.96. The van der Waals surface area contributed by atoms with Crippen LogP contribution < -0.4 is 4.90 Å². The molecule has 1 aromatic heterocycles. The lowest BCUT2D eigenvalue weighted by Crippen LogP contribution is -2.27. The molecule has 2 unspecified atom stereocenters. The quantitative estimate of drug-likeness (QED) is 0.896. The second-order valence-electron chi connectivity index (χ2n) is 5.58. The van der Waals surface area contributed by atoms with Crippen LogP contribution in [0.5, 0.6) is 0 Å². The number of hydrogen-bond donors (Lipinski definition) is 1. The average molecular weight is 292 g/mol. The van der Waals surface area contributed by atoms with Crippen molar-refractivity contribution in [2.24, 2.45) is 0 Å². The molecule has 1 fully saturated rings. The van der Waals surface area contributed by atoms with Gasteiger partial charge in [0.2, 0.25) is 0 Å². The first-order valence-corrected chi connectivity index (χ1v) is 7.20. The van der Waals surface area contributed by atoms with Crippen LogP contribution in [0, 0.1) is 0 Å². The smallest absolute Gasteiger partial charge is 0.339 e. The minimum absolute atomic E-state index is 0.0632. The number of aryl methyl sites for hydroxylation is 2. The molecule has 2 aliphatic rings. The Hall–Kier alpha value is -1.66. The highest BCUT2D eigenvalue weighted by Crippen LogP contribution is 2.30. The summed E-state index contributed by atoms with van der Waals surface area (Å²) in [5, 5.41) is 9.47. The summed E-state index contributed by atoms with van der Waals surface area (Å²) in [4.78, 5) is 18.1. The van der Waals surface area contributed by atoms with Crippen LogP contribution in [0.15, 0.2) is 6.07 Å². The van der Waals surface area contributed by atoms with E-state index >= 15 is 0 Å². The fourth-order valence-electron chi connectivity index (χ4n) is 3.23. The molecule has 0 bridgehead atoms. The lowest BCUT2D eigenvalue weighted by Gasteiger charge is -2.20. The van der Waals surface area contributed by atoms with Crippen molar-refractivity contribution in [1.29, 1.82) is 0 Å². The molecule has 2 heterocycles. The van der Waals surface area contributed by atoms with Crippen LogP contribution >= 0.6 is 0 Å². The van der Waals surface area contributed by atoms with Gasteiger partial charge in [0, 0.05) is 33.0 Å². The van der Waals surface area contributed by atoms with E-state index in [1.807, 2.05) is 4.90 Å². The number of carboxylic acid groups (broad SMARTS) is 1. The van der Waals surface area contributed by atoms with Crippen molar-refractivity contribution in [1.82, 2.24) is 4.98 Å². The van der Waals surface area contributed by atoms with Crippen molar-refractivity contribution >= 4 is 11.8 Å². The van der Waals surface area contributed by atoms with E-state index in [1.165, 1.54) is 0 Å². The summed E-state index contributed by atoms with van der Waals surface area (Å²) in [6.07, 6.45) is 2.77. The van der Waals surface area contributed by atoms with Crippen LogP contribution in [-0.2, 0) is 22.3 Å². The number of aromatic nitrogens is 1. The summed E-state index contributed by atoms with van der Waals surface area (Å²) in [6, 6.07) is 1.79. The van der Waals surface area contributed by atoms with Crippen molar-refractivity contribution in [2.45, 2.75) is 31.5 Å². The third-order valence-corrected chi connectivity index (χ3v) is 4.38. The van der Waals surface area contributed by atoms with Crippen molar-refractivity contribution in [3.8, 4) is 0 Å². The molecule has 21 heavy (non-hydrogen) atoms. The van der Waals surface area contributed by atoms with Gasteiger partial charge in [0.25, 0.3) is 0 Å². The second kappa shape index (κ2) is 5.61. The van der Waals surface area contributed by atoms with E-state index in [9.17, 15) is 9.90 Å². The van der Waals surface area contributed by atoms with Gasteiger partial charge >= 0.3 is 5.97 Å². The Morgan fingerprint density at radius 2 is 1.95 bits per heavy atom. The molecule has 1 aliphatic heterocycles. The number of hydrogen-bond acceptors (Lipinski definition) is 5. The minimum Gasteiger partial charge on any atom is -0.478 e. The normalized spacial score (nSPS) is 24.4. The molecule has 1 aromatic rings. The maximum absolute atomic E-state index is 11.6.